The Balaban J connectivity index is 1.67. The molecule has 0 aliphatic carbocycles. The number of hydrogen-bond acceptors (Lipinski definition) is 4. The molecule has 3 amide bonds. The topological polar surface area (TPSA) is 88.5 Å². The molecule has 2 fully saturated rings. The lowest BCUT2D eigenvalue weighted by Gasteiger charge is -2.41. The van der Waals surface area contributed by atoms with Gasteiger partial charge in [0.1, 0.15) is 6.17 Å². The predicted octanol–water partition coefficient (Wildman–Crippen LogP) is 1.62. The van der Waals surface area contributed by atoms with E-state index < -0.39 is 18.3 Å². The first-order valence-electron chi connectivity index (χ1n) is 10.4. The highest BCUT2D eigenvalue weighted by molar-refractivity contribution is 6.04. The molecule has 8 nitrogen and oxygen atoms in total. The number of imide groups is 1. The Morgan fingerprint density at radius 3 is 2.16 bits per heavy atom. The van der Waals surface area contributed by atoms with Gasteiger partial charge in [0.25, 0.3) is 5.91 Å². The van der Waals surface area contributed by atoms with Crippen LogP contribution in [0.25, 0.3) is 0 Å². The number of aliphatic hydroxyl groups excluding tert-OH is 1. The molecule has 2 heterocycles. The highest BCUT2D eigenvalue weighted by Gasteiger charge is 2.53. The third-order valence-electron chi connectivity index (χ3n) is 5.54. The fraction of sp³-hybridized carbons (Fsp3) is 0.348. The smallest absolute Gasteiger partial charge is 0.328 e. The summed E-state index contributed by atoms with van der Waals surface area (Å²) in [4.78, 5) is 35.8. The minimum atomic E-state index is -0.612. The van der Waals surface area contributed by atoms with Crippen LogP contribution in [0.15, 0.2) is 65.7 Å². The molecule has 8 heteroatoms. The number of nitrogens with one attached hydrogen (secondary N) is 1. The quantitative estimate of drug-likeness (QED) is 0.740. The van der Waals surface area contributed by atoms with Crippen LogP contribution < -0.4 is 5.32 Å². The van der Waals surface area contributed by atoms with E-state index in [4.69, 9.17) is 0 Å². The number of rotatable bonds is 6. The van der Waals surface area contributed by atoms with Gasteiger partial charge in [-0.1, -0.05) is 60.7 Å². The van der Waals surface area contributed by atoms with Gasteiger partial charge in [0.2, 0.25) is 0 Å². The van der Waals surface area contributed by atoms with Gasteiger partial charge in [-0.05, 0) is 18.1 Å². The van der Waals surface area contributed by atoms with Crippen molar-refractivity contribution in [2.75, 3.05) is 13.6 Å². The molecule has 2 N–H and O–H groups in total. The molecule has 0 saturated carbocycles. The zero-order valence-electron chi connectivity index (χ0n) is 17.7. The first-order valence-corrected chi connectivity index (χ1v) is 10.4. The van der Waals surface area contributed by atoms with E-state index in [1.807, 2.05) is 65.6 Å². The number of carbonyl (C=O) groups excluding carboxylic acids is 2. The maximum Gasteiger partial charge on any atom is 0.328 e. The van der Waals surface area contributed by atoms with Crippen molar-refractivity contribution < 1.29 is 14.7 Å². The van der Waals surface area contributed by atoms with E-state index in [2.05, 4.69) is 10.3 Å². The summed E-state index contributed by atoms with van der Waals surface area (Å²) in [6, 6.07) is 18.3. The number of hydrogen-bond donors (Lipinski definition) is 2. The van der Waals surface area contributed by atoms with Crippen LogP contribution in [-0.2, 0) is 17.9 Å². The Morgan fingerprint density at radius 1 is 1.00 bits per heavy atom. The van der Waals surface area contributed by atoms with Crippen molar-refractivity contribution in [3.63, 3.8) is 0 Å². The molecule has 4 rings (SSSR count). The third-order valence-corrected chi connectivity index (χ3v) is 5.54. The Labute approximate surface area is 181 Å². The highest BCUT2D eigenvalue weighted by Crippen LogP contribution is 2.27. The monoisotopic (exact) mass is 421 g/mol. The Morgan fingerprint density at radius 2 is 1.58 bits per heavy atom. The summed E-state index contributed by atoms with van der Waals surface area (Å²) in [5.41, 5.74) is 1.91. The molecule has 0 radical (unpaired) electrons. The van der Waals surface area contributed by atoms with Gasteiger partial charge in [0.15, 0.2) is 12.0 Å². The van der Waals surface area contributed by atoms with Crippen molar-refractivity contribution in [2.45, 2.75) is 38.3 Å². The summed E-state index contributed by atoms with van der Waals surface area (Å²) in [6.07, 6.45) is -1.14. The molecule has 2 aromatic carbocycles. The van der Waals surface area contributed by atoms with Gasteiger partial charge < -0.3 is 20.2 Å². The predicted molar refractivity (Wildman–Crippen MR) is 117 cm³/mol. The first kappa shape index (κ1) is 20.9. The molecule has 31 heavy (non-hydrogen) atoms. The maximum absolute atomic E-state index is 13.5. The average Bonchev–Trinajstić information content (AvgIpc) is 3.13. The summed E-state index contributed by atoms with van der Waals surface area (Å²) in [6.45, 7) is 2.54. The second-order valence-corrected chi connectivity index (χ2v) is 7.96. The van der Waals surface area contributed by atoms with Gasteiger partial charge in [-0.15, -0.1) is 0 Å². The van der Waals surface area contributed by atoms with E-state index in [1.54, 1.807) is 18.9 Å². The van der Waals surface area contributed by atoms with E-state index in [0.717, 1.165) is 11.1 Å². The summed E-state index contributed by atoms with van der Waals surface area (Å²) < 4.78 is 0. The summed E-state index contributed by atoms with van der Waals surface area (Å²) >= 11 is 0. The molecule has 0 aromatic heterocycles. The van der Waals surface area contributed by atoms with E-state index in [-0.39, 0.29) is 25.0 Å². The number of urea groups is 1. The Hall–Kier alpha value is -3.39. The van der Waals surface area contributed by atoms with Gasteiger partial charge in [0, 0.05) is 13.6 Å². The number of nitrogens with zero attached hydrogens (tertiary/aromatic N) is 4. The fourth-order valence-corrected chi connectivity index (χ4v) is 3.96. The number of guanidine groups is 1. The minimum Gasteiger partial charge on any atom is -0.391 e. The molecule has 2 saturated heterocycles. The SMILES string of the molecule is CC(O)CN=C1NC2C(C(=O)N(Cc3ccccc3)C(=O)N2C)N1Cc1ccccc1. The van der Waals surface area contributed by atoms with Crippen LogP contribution in [0.2, 0.25) is 0 Å². The Kier molecular flexibility index (Phi) is 5.90. The van der Waals surface area contributed by atoms with Crippen LogP contribution in [0.3, 0.4) is 0 Å². The van der Waals surface area contributed by atoms with E-state index in [1.165, 1.54) is 4.90 Å². The van der Waals surface area contributed by atoms with Gasteiger partial charge in [0.05, 0.1) is 19.2 Å². The van der Waals surface area contributed by atoms with Crippen molar-refractivity contribution in [2.24, 2.45) is 4.99 Å². The Bertz CT molecular complexity index is 964. The van der Waals surface area contributed by atoms with Crippen LogP contribution in [-0.4, -0.2) is 69.6 Å². The molecule has 2 aliphatic rings. The lowest BCUT2D eigenvalue weighted by atomic mass is 10.1. The molecule has 0 bridgehead atoms. The van der Waals surface area contributed by atoms with Crippen molar-refractivity contribution in [1.29, 1.82) is 0 Å². The maximum atomic E-state index is 13.5. The number of benzene rings is 2. The number of aliphatic hydroxyl groups is 1. The number of aliphatic imine (C=N–C) groups is 1. The van der Waals surface area contributed by atoms with E-state index in [0.29, 0.717) is 12.5 Å². The van der Waals surface area contributed by atoms with Gasteiger partial charge in [-0.25, -0.2) is 4.79 Å². The van der Waals surface area contributed by atoms with Crippen LogP contribution in [0.5, 0.6) is 0 Å². The molecule has 2 aromatic rings. The molecule has 162 valence electrons. The van der Waals surface area contributed by atoms with E-state index in [9.17, 15) is 14.7 Å². The van der Waals surface area contributed by atoms with Gasteiger partial charge in [-0.2, -0.15) is 0 Å². The summed E-state index contributed by atoms with van der Waals surface area (Å²) in [7, 11) is 1.69. The second-order valence-electron chi connectivity index (χ2n) is 7.96. The molecule has 3 atom stereocenters. The lowest BCUT2D eigenvalue weighted by molar-refractivity contribution is -0.138. The summed E-state index contributed by atoms with van der Waals surface area (Å²) in [5, 5.41) is 12.9. The normalized spacial score (nSPS) is 23.2. The van der Waals surface area contributed by atoms with Crippen molar-refractivity contribution in [3.05, 3.63) is 71.8 Å². The molecule has 2 aliphatic heterocycles. The standard InChI is InChI=1S/C23H27N5O3/c1-16(29)13-24-22-25-20-19(27(22)14-17-9-5-3-6-10-17)21(30)28(23(31)26(20)2)15-18-11-7-4-8-12-18/h3-12,16,19-20,29H,13-15H2,1-2H3,(H,24,25). The van der Waals surface area contributed by atoms with Gasteiger partial charge in [-0.3, -0.25) is 14.7 Å². The van der Waals surface area contributed by atoms with Crippen molar-refractivity contribution in [1.82, 2.24) is 20.0 Å². The van der Waals surface area contributed by atoms with Crippen molar-refractivity contribution in [3.8, 4) is 0 Å². The molecular weight excluding hydrogens is 394 g/mol. The van der Waals surface area contributed by atoms with Crippen LogP contribution >= 0.6 is 0 Å². The van der Waals surface area contributed by atoms with E-state index >= 15 is 0 Å². The van der Waals surface area contributed by atoms with Crippen LogP contribution in [0.4, 0.5) is 4.79 Å². The van der Waals surface area contributed by atoms with Gasteiger partial charge >= 0.3 is 6.03 Å². The highest BCUT2D eigenvalue weighted by atomic mass is 16.3. The van der Waals surface area contributed by atoms with Crippen LogP contribution in [0.1, 0.15) is 18.1 Å². The van der Waals surface area contributed by atoms with Crippen LogP contribution in [0, 0.1) is 0 Å². The fourth-order valence-electron chi connectivity index (χ4n) is 3.96. The molecule has 0 spiro atoms. The number of fused-ring (bicyclic) bond motifs is 1. The summed E-state index contributed by atoms with van der Waals surface area (Å²) in [5.74, 6) is 0.247. The average molecular weight is 422 g/mol. The number of carbonyl (C=O) groups is 2. The first-order chi connectivity index (χ1) is 15.0. The largest absolute Gasteiger partial charge is 0.391 e. The second kappa shape index (κ2) is 8.77. The number of amides is 3. The number of likely N-dealkylation sites (N-methyl/N-ethyl adjacent to an activating group) is 1. The third kappa shape index (κ3) is 4.25. The molecule has 3 unspecified atom stereocenters. The lowest BCUT2D eigenvalue weighted by Crippen LogP contribution is -2.65. The van der Waals surface area contributed by atoms with Crippen molar-refractivity contribution >= 4 is 17.9 Å². The zero-order valence-corrected chi connectivity index (χ0v) is 17.7. The molecular formula is C23H27N5O3. The minimum absolute atomic E-state index is 0.201. The zero-order chi connectivity index (χ0) is 22.0.